The molecule has 1 rings (SSSR count). The molecule has 0 saturated heterocycles. The number of anilines is 1. The van der Waals surface area contributed by atoms with E-state index < -0.39 is 11.8 Å². The molecule has 0 spiro atoms. The maximum atomic E-state index is 11.5. The van der Waals surface area contributed by atoms with Crippen LogP contribution < -0.4 is 16.1 Å². The Labute approximate surface area is 129 Å². The van der Waals surface area contributed by atoms with E-state index in [9.17, 15) is 14.4 Å². The number of carbonyl (C=O) groups excluding carboxylic acids is 3. The zero-order chi connectivity index (χ0) is 16.7. The monoisotopic (exact) mass is 304 g/mol. The lowest BCUT2D eigenvalue weighted by Crippen LogP contribution is -2.41. The first-order valence-electron chi connectivity index (χ1n) is 6.82. The highest BCUT2D eigenvalue weighted by atomic mass is 16.2. The molecule has 0 heterocycles. The van der Waals surface area contributed by atoms with E-state index in [1.165, 1.54) is 6.92 Å². The van der Waals surface area contributed by atoms with Crippen LogP contribution in [-0.2, 0) is 14.4 Å². The van der Waals surface area contributed by atoms with Crippen molar-refractivity contribution in [3.63, 3.8) is 0 Å². The molecule has 3 amide bonds. The number of hydrogen-bond acceptors (Lipinski definition) is 4. The summed E-state index contributed by atoms with van der Waals surface area (Å²) >= 11 is 0. The number of nitrogens with zero attached hydrogens (tertiary/aromatic N) is 1. The first-order valence-corrected chi connectivity index (χ1v) is 6.82. The van der Waals surface area contributed by atoms with E-state index in [1.807, 2.05) is 0 Å². The second-order valence-electron chi connectivity index (χ2n) is 5.03. The minimum absolute atomic E-state index is 0.127. The van der Waals surface area contributed by atoms with Gasteiger partial charge in [-0.15, -0.1) is 0 Å². The zero-order valence-electron chi connectivity index (χ0n) is 13.1. The van der Waals surface area contributed by atoms with Crippen molar-refractivity contribution in [3.8, 4) is 0 Å². The van der Waals surface area contributed by atoms with Crippen molar-refractivity contribution >= 4 is 29.1 Å². The van der Waals surface area contributed by atoms with Crippen molar-refractivity contribution in [3.05, 3.63) is 29.8 Å². The van der Waals surface area contributed by atoms with Crippen LogP contribution in [0.25, 0.3) is 0 Å². The number of rotatable bonds is 4. The van der Waals surface area contributed by atoms with Crippen LogP contribution in [0.3, 0.4) is 0 Å². The lowest BCUT2D eigenvalue weighted by Gasteiger charge is -2.08. The largest absolute Gasteiger partial charge is 0.346 e. The Morgan fingerprint density at radius 2 is 1.77 bits per heavy atom. The average Bonchev–Trinajstić information content (AvgIpc) is 2.43. The van der Waals surface area contributed by atoms with E-state index in [4.69, 9.17) is 0 Å². The van der Waals surface area contributed by atoms with E-state index in [0.717, 1.165) is 5.56 Å². The minimum atomic E-state index is -0.828. The van der Waals surface area contributed by atoms with Gasteiger partial charge in [0.25, 0.3) is 0 Å². The number of nitrogens with one attached hydrogen (secondary N) is 3. The van der Waals surface area contributed by atoms with Gasteiger partial charge in [-0.1, -0.05) is 12.1 Å². The van der Waals surface area contributed by atoms with Gasteiger partial charge in [-0.2, -0.15) is 5.10 Å². The molecule has 0 radical (unpaired) electrons. The molecule has 3 N–H and O–H groups in total. The molecule has 0 aliphatic heterocycles. The van der Waals surface area contributed by atoms with Gasteiger partial charge in [0.1, 0.15) is 0 Å². The molecule has 0 bridgehead atoms. The van der Waals surface area contributed by atoms with Crippen LogP contribution >= 0.6 is 0 Å². The molecule has 7 heteroatoms. The Balaban J connectivity index is 2.74. The second-order valence-corrected chi connectivity index (χ2v) is 5.03. The molecule has 0 unspecified atom stereocenters. The predicted molar refractivity (Wildman–Crippen MR) is 84.4 cm³/mol. The molecule has 118 valence electrons. The van der Waals surface area contributed by atoms with Crippen LogP contribution in [0, 0.1) is 0 Å². The average molecular weight is 304 g/mol. The fourth-order valence-corrected chi connectivity index (χ4v) is 1.60. The Hall–Kier alpha value is -2.70. The molecule has 0 aliphatic carbocycles. The van der Waals surface area contributed by atoms with Gasteiger partial charge in [0.15, 0.2) is 0 Å². The Morgan fingerprint density at radius 1 is 1.09 bits per heavy atom. The second kappa shape index (κ2) is 7.92. The summed E-state index contributed by atoms with van der Waals surface area (Å²) in [4.78, 5) is 34.0. The van der Waals surface area contributed by atoms with Gasteiger partial charge in [0, 0.05) is 18.7 Å². The van der Waals surface area contributed by atoms with Gasteiger partial charge in [-0.25, -0.2) is 5.43 Å². The van der Waals surface area contributed by atoms with Crippen LogP contribution in [0.4, 0.5) is 5.69 Å². The van der Waals surface area contributed by atoms with Gasteiger partial charge in [0.2, 0.25) is 5.91 Å². The summed E-state index contributed by atoms with van der Waals surface area (Å²) in [7, 11) is 0. The smallest absolute Gasteiger partial charge is 0.329 e. The third kappa shape index (κ3) is 5.74. The van der Waals surface area contributed by atoms with Crippen LogP contribution in [0.2, 0.25) is 0 Å². The third-order valence-electron chi connectivity index (χ3n) is 2.55. The molecular formula is C15H20N4O3. The third-order valence-corrected chi connectivity index (χ3v) is 2.55. The number of amides is 3. The van der Waals surface area contributed by atoms with Crippen LogP contribution in [0.5, 0.6) is 0 Å². The summed E-state index contributed by atoms with van der Waals surface area (Å²) in [5.74, 6) is -1.74. The van der Waals surface area contributed by atoms with Crippen molar-refractivity contribution in [2.75, 3.05) is 5.32 Å². The fraction of sp³-hybridized carbons (Fsp3) is 0.333. The molecule has 0 saturated carbocycles. The van der Waals surface area contributed by atoms with Crippen LogP contribution in [0.15, 0.2) is 29.4 Å². The summed E-state index contributed by atoms with van der Waals surface area (Å²) in [6.45, 7) is 6.62. The molecular weight excluding hydrogens is 284 g/mol. The van der Waals surface area contributed by atoms with Crippen LogP contribution in [0.1, 0.15) is 33.3 Å². The van der Waals surface area contributed by atoms with Gasteiger partial charge >= 0.3 is 11.8 Å². The number of hydrogen-bond donors (Lipinski definition) is 3. The summed E-state index contributed by atoms with van der Waals surface area (Å²) in [6.07, 6.45) is 0. The lowest BCUT2D eigenvalue weighted by molar-refractivity contribution is -0.139. The maximum Gasteiger partial charge on any atom is 0.329 e. The van der Waals surface area contributed by atoms with Crippen molar-refractivity contribution in [2.45, 2.75) is 33.7 Å². The molecule has 0 fully saturated rings. The molecule has 0 atom stereocenters. The summed E-state index contributed by atoms with van der Waals surface area (Å²) in [5.41, 5.74) is 4.05. The van der Waals surface area contributed by atoms with Gasteiger partial charge in [-0.05, 0) is 38.5 Å². The molecule has 0 aliphatic rings. The normalized spacial score (nSPS) is 11.0. The topological polar surface area (TPSA) is 99.7 Å². The van der Waals surface area contributed by atoms with Crippen molar-refractivity contribution in [2.24, 2.45) is 5.10 Å². The van der Waals surface area contributed by atoms with E-state index >= 15 is 0 Å². The van der Waals surface area contributed by atoms with E-state index in [2.05, 4.69) is 21.2 Å². The highest BCUT2D eigenvalue weighted by molar-refractivity contribution is 6.35. The lowest BCUT2D eigenvalue weighted by atomic mass is 10.1. The number of benzene rings is 1. The zero-order valence-corrected chi connectivity index (χ0v) is 13.1. The fourth-order valence-electron chi connectivity index (χ4n) is 1.60. The standard InChI is InChI=1S/C15H20N4O3/c1-9(2)16-14(21)15(22)19-18-10(3)12-6-5-7-13(8-12)17-11(4)20/h5-9H,1-4H3,(H,16,21)(H,17,20)(H,19,22)/b18-10-. The first kappa shape index (κ1) is 17.4. The van der Waals surface area contributed by atoms with Gasteiger partial charge in [-0.3, -0.25) is 14.4 Å². The van der Waals surface area contributed by atoms with E-state index in [1.54, 1.807) is 45.0 Å². The molecule has 1 aromatic rings. The van der Waals surface area contributed by atoms with Crippen molar-refractivity contribution in [1.82, 2.24) is 10.7 Å². The Morgan fingerprint density at radius 3 is 2.36 bits per heavy atom. The first-order chi connectivity index (χ1) is 10.3. The highest BCUT2D eigenvalue weighted by Gasteiger charge is 2.13. The van der Waals surface area contributed by atoms with E-state index in [0.29, 0.717) is 11.4 Å². The summed E-state index contributed by atoms with van der Waals surface area (Å²) < 4.78 is 0. The van der Waals surface area contributed by atoms with E-state index in [-0.39, 0.29) is 11.9 Å². The minimum Gasteiger partial charge on any atom is -0.346 e. The van der Waals surface area contributed by atoms with Crippen LogP contribution in [-0.4, -0.2) is 29.5 Å². The predicted octanol–water partition coefficient (Wildman–Crippen LogP) is 1.01. The maximum absolute atomic E-state index is 11.5. The quantitative estimate of drug-likeness (QED) is 0.440. The number of carbonyl (C=O) groups is 3. The SMILES string of the molecule is CC(=O)Nc1cccc(/C(C)=N\NC(=O)C(=O)NC(C)C)c1. The molecule has 7 nitrogen and oxygen atoms in total. The van der Waals surface area contributed by atoms with Crippen molar-refractivity contribution < 1.29 is 14.4 Å². The molecule has 22 heavy (non-hydrogen) atoms. The van der Waals surface area contributed by atoms with Crippen molar-refractivity contribution in [1.29, 1.82) is 0 Å². The molecule has 0 aromatic heterocycles. The van der Waals surface area contributed by atoms with Gasteiger partial charge in [0.05, 0.1) is 5.71 Å². The Bertz CT molecular complexity index is 609. The molecule has 1 aromatic carbocycles. The summed E-state index contributed by atoms with van der Waals surface area (Å²) in [6, 6.07) is 6.88. The van der Waals surface area contributed by atoms with Gasteiger partial charge < -0.3 is 10.6 Å². The highest BCUT2D eigenvalue weighted by Crippen LogP contribution is 2.11. The summed E-state index contributed by atoms with van der Waals surface area (Å²) in [5, 5.41) is 9.01. The Kier molecular flexibility index (Phi) is 6.25. The number of hydrazone groups is 1.